The van der Waals surface area contributed by atoms with E-state index >= 15 is 0 Å². The van der Waals surface area contributed by atoms with Crippen LogP contribution in [0.2, 0.25) is 0 Å². The summed E-state index contributed by atoms with van der Waals surface area (Å²) >= 11 is 0. The highest BCUT2D eigenvalue weighted by Gasteiger charge is 2.54. The zero-order chi connectivity index (χ0) is 20.0. The molecule has 7 heteroatoms. The SMILES string of the molecule is CC(C)C.CC(C)C1CCC(S(=O)(=O)C2(C(=O)NO)CCOCC2)CC1. The quantitative estimate of drug-likeness (QED) is 0.566. The smallest absolute Gasteiger partial charge is 0.264 e. The zero-order valence-electron chi connectivity index (χ0n) is 17.0. The third-order valence-corrected chi connectivity index (χ3v) is 8.49. The lowest BCUT2D eigenvalue weighted by molar-refractivity contribution is -0.134. The summed E-state index contributed by atoms with van der Waals surface area (Å²) in [6, 6.07) is 0. The number of sulfone groups is 1. The highest BCUT2D eigenvalue weighted by atomic mass is 32.2. The van der Waals surface area contributed by atoms with Crippen molar-refractivity contribution in [1.82, 2.24) is 5.48 Å². The highest BCUT2D eigenvalue weighted by molar-refractivity contribution is 7.94. The summed E-state index contributed by atoms with van der Waals surface area (Å²) < 4.78 is 29.9. The van der Waals surface area contributed by atoms with Gasteiger partial charge in [0.25, 0.3) is 5.91 Å². The molecule has 1 saturated heterocycles. The Hall–Kier alpha value is -0.660. The van der Waals surface area contributed by atoms with Gasteiger partial charge in [0.15, 0.2) is 14.6 Å². The molecule has 1 saturated carbocycles. The Kier molecular flexibility index (Phi) is 9.03. The maximum absolute atomic E-state index is 13.1. The van der Waals surface area contributed by atoms with Gasteiger partial charge in [-0.1, -0.05) is 34.6 Å². The van der Waals surface area contributed by atoms with Crippen molar-refractivity contribution >= 4 is 15.7 Å². The maximum Gasteiger partial charge on any atom is 0.264 e. The lowest BCUT2D eigenvalue weighted by Gasteiger charge is -2.39. The van der Waals surface area contributed by atoms with Crippen molar-refractivity contribution in [3.63, 3.8) is 0 Å². The predicted octanol–water partition coefficient (Wildman–Crippen LogP) is 3.33. The number of hydrogen-bond donors (Lipinski definition) is 2. The van der Waals surface area contributed by atoms with E-state index in [2.05, 4.69) is 34.6 Å². The molecule has 26 heavy (non-hydrogen) atoms. The lowest BCUT2D eigenvalue weighted by atomic mass is 9.81. The second-order valence-electron chi connectivity index (χ2n) is 8.61. The monoisotopic (exact) mass is 391 g/mol. The zero-order valence-corrected chi connectivity index (χ0v) is 17.8. The first-order valence-electron chi connectivity index (χ1n) is 9.84. The molecule has 0 aromatic carbocycles. The van der Waals surface area contributed by atoms with Crippen LogP contribution < -0.4 is 5.48 Å². The Morgan fingerprint density at radius 1 is 1.04 bits per heavy atom. The van der Waals surface area contributed by atoms with Crippen LogP contribution in [0.3, 0.4) is 0 Å². The molecule has 2 N–H and O–H groups in total. The molecule has 0 aromatic rings. The van der Waals surface area contributed by atoms with Gasteiger partial charge in [-0.2, -0.15) is 0 Å². The van der Waals surface area contributed by atoms with Crippen molar-refractivity contribution in [2.24, 2.45) is 17.8 Å². The van der Waals surface area contributed by atoms with Crippen molar-refractivity contribution in [1.29, 1.82) is 0 Å². The summed E-state index contributed by atoms with van der Waals surface area (Å²) in [6.45, 7) is 11.3. The van der Waals surface area contributed by atoms with Gasteiger partial charge in [0.2, 0.25) is 0 Å². The van der Waals surface area contributed by atoms with Crippen LogP contribution in [0.4, 0.5) is 0 Å². The Bertz CT molecular complexity index is 527. The summed E-state index contributed by atoms with van der Waals surface area (Å²) in [5.41, 5.74) is 1.57. The van der Waals surface area contributed by atoms with Gasteiger partial charge in [-0.3, -0.25) is 10.0 Å². The van der Waals surface area contributed by atoms with E-state index in [0.29, 0.717) is 24.7 Å². The first-order valence-corrected chi connectivity index (χ1v) is 11.4. The average molecular weight is 392 g/mol. The summed E-state index contributed by atoms with van der Waals surface area (Å²) in [4.78, 5) is 12.2. The summed E-state index contributed by atoms with van der Waals surface area (Å²) in [5.74, 6) is 1.15. The third kappa shape index (κ3) is 5.42. The maximum atomic E-state index is 13.1. The third-order valence-electron chi connectivity index (χ3n) is 5.46. The van der Waals surface area contributed by atoms with Crippen LogP contribution in [-0.2, 0) is 19.4 Å². The molecule has 154 valence electrons. The van der Waals surface area contributed by atoms with Crippen molar-refractivity contribution in [3.8, 4) is 0 Å². The van der Waals surface area contributed by atoms with Crippen LogP contribution in [0.1, 0.15) is 73.1 Å². The minimum Gasteiger partial charge on any atom is -0.381 e. The standard InChI is InChI=1S/C15H27NO5S.C4H10/c1-11(2)12-3-5-13(6-4-12)22(19,20)15(14(17)16-18)7-9-21-10-8-15;1-4(2)3/h11-13,18H,3-10H2,1-2H3,(H,16,17);4H,1-3H3. The number of carbonyl (C=O) groups excluding carboxylic acids is 1. The van der Waals surface area contributed by atoms with E-state index in [1.807, 2.05) is 0 Å². The number of rotatable bonds is 4. The number of hydrogen-bond acceptors (Lipinski definition) is 5. The first-order chi connectivity index (χ1) is 12.1. The fourth-order valence-corrected chi connectivity index (χ4v) is 6.40. The fourth-order valence-electron chi connectivity index (χ4n) is 3.83. The van der Waals surface area contributed by atoms with Gasteiger partial charge in [-0.25, -0.2) is 13.9 Å². The largest absolute Gasteiger partial charge is 0.381 e. The molecule has 0 spiro atoms. The Labute approximate surface area is 159 Å². The van der Waals surface area contributed by atoms with Gasteiger partial charge in [0, 0.05) is 13.2 Å². The van der Waals surface area contributed by atoms with Gasteiger partial charge in [-0.15, -0.1) is 0 Å². The molecular weight excluding hydrogens is 354 g/mol. The number of hydroxylamine groups is 1. The number of carbonyl (C=O) groups is 1. The molecule has 0 atom stereocenters. The van der Waals surface area contributed by atoms with E-state index in [0.717, 1.165) is 18.8 Å². The number of amides is 1. The molecule has 1 aliphatic carbocycles. The first kappa shape index (κ1) is 23.4. The second kappa shape index (κ2) is 10.0. The summed E-state index contributed by atoms with van der Waals surface area (Å²) in [5, 5.41) is 8.54. The molecule has 0 aromatic heterocycles. The van der Waals surface area contributed by atoms with Crippen LogP contribution in [0, 0.1) is 17.8 Å². The van der Waals surface area contributed by atoms with E-state index in [-0.39, 0.29) is 26.1 Å². The van der Waals surface area contributed by atoms with Crippen LogP contribution in [0.25, 0.3) is 0 Å². The van der Waals surface area contributed by atoms with Crippen molar-refractivity contribution < 1.29 is 23.2 Å². The van der Waals surface area contributed by atoms with Crippen LogP contribution in [0.5, 0.6) is 0 Å². The Morgan fingerprint density at radius 3 is 1.88 bits per heavy atom. The van der Waals surface area contributed by atoms with Crippen LogP contribution >= 0.6 is 0 Å². The Morgan fingerprint density at radius 2 is 1.50 bits per heavy atom. The van der Waals surface area contributed by atoms with Crippen LogP contribution in [-0.4, -0.2) is 42.7 Å². The van der Waals surface area contributed by atoms with Gasteiger partial charge in [0.1, 0.15) is 0 Å². The normalized spacial score (nSPS) is 26.2. The molecule has 0 bridgehead atoms. The van der Waals surface area contributed by atoms with E-state index < -0.39 is 25.7 Å². The number of nitrogens with one attached hydrogen (secondary N) is 1. The summed E-state index contributed by atoms with van der Waals surface area (Å²) in [6.07, 6.45) is 3.21. The molecule has 2 rings (SSSR count). The van der Waals surface area contributed by atoms with E-state index in [9.17, 15) is 13.2 Å². The fraction of sp³-hybridized carbons (Fsp3) is 0.947. The van der Waals surface area contributed by atoms with E-state index in [1.165, 1.54) is 0 Å². The molecule has 0 radical (unpaired) electrons. The minimum absolute atomic E-state index is 0.117. The highest BCUT2D eigenvalue weighted by Crippen LogP contribution is 2.40. The molecule has 2 fully saturated rings. The lowest BCUT2D eigenvalue weighted by Crippen LogP contribution is -2.58. The van der Waals surface area contributed by atoms with Gasteiger partial charge >= 0.3 is 0 Å². The van der Waals surface area contributed by atoms with Crippen molar-refractivity contribution in [2.75, 3.05) is 13.2 Å². The number of ether oxygens (including phenoxy) is 1. The van der Waals surface area contributed by atoms with Gasteiger partial charge in [-0.05, 0) is 56.3 Å². The molecule has 2 aliphatic rings. The minimum atomic E-state index is -3.66. The molecular formula is C19H37NO5S. The van der Waals surface area contributed by atoms with Crippen molar-refractivity contribution in [3.05, 3.63) is 0 Å². The molecule has 1 aliphatic heterocycles. The van der Waals surface area contributed by atoms with Gasteiger partial charge < -0.3 is 4.74 Å². The van der Waals surface area contributed by atoms with E-state index in [1.54, 1.807) is 5.48 Å². The predicted molar refractivity (Wildman–Crippen MR) is 103 cm³/mol. The average Bonchev–Trinajstić information content (AvgIpc) is 2.61. The molecule has 6 nitrogen and oxygen atoms in total. The molecule has 0 unspecified atom stereocenters. The van der Waals surface area contributed by atoms with Gasteiger partial charge in [0.05, 0.1) is 5.25 Å². The molecule has 1 amide bonds. The topological polar surface area (TPSA) is 92.7 Å². The molecule has 1 heterocycles. The Balaban J connectivity index is 0.000000765. The van der Waals surface area contributed by atoms with Crippen LogP contribution in [0.15, 0.2) is 0 Å². The van der Waals surface area contributed by atoms with E-state index in [4.69, 9.17) is 9.94 Å². The second-order valence-corrected chi connectivity index (χ2v) is 11.1. The van der Waals surface area contributed by atoms with Crippen molar-refractivity contribution in [2.45, 2.75) is 83.1 Å². The summed E-state index contributed by atoms with van der Waals surface area (Å²) in [7, 11) is -3.66.